The number of hydrogen-bond acceptors (Lipinski definition) is 3. The van der Waals surface area contributed by atoms with Crippen molar-refractivity contribution in [2.45, 2.75) is 123 Å². The number of esters is 1. The van der Waals surface area contributed by atoms with Gasteiger partial charge in [0.25, 0.3) is 0 Å². The molecule has 0 aromatic carbocycles. The van der Waals surface area contributed by atoms with Crippen LogP contribution in [0.1, 0.15) is 120 Å². The molecule has 0 saturated carbocycles. The molecule has 1 N–H and O–H groups in total. The molecule has 0 aliphatic heterocycles. The fraction of sp³-hybridized carbons (Fsp3) is 0.905. The smallest absolute Gasteiger partial charge is 1.00 e. The summed E-state index contributed by atoms with van der Waals surface area (Å²) >= 11 is 0. The molecule has 0 spiro atoms. The van der Waals surface area contributed by atoms with Gasteiger partial charge in [0.2, 0.25) is 0 Å². The summed E-state index contributed by atoms with van der Waals surface area (Å²) in [7, 11) is 0. The van der Waals surface area contributed by atoms with Gasteiger partial charge in [0.15, 0.2) is 0 Å². The zero-order valence-corrected chi connectivity index (χ0v) is 18.9. The van der Waals surface area contributed by atoms with E-state index in [1.54, 1.807) is 0 Å². The van der Waals surface area contributed by atoms with Crippen LogP contribution in [0.4, 0.5) is 0 Å². The van der Waals surface area contributed by atoms with Crippen molar-refractivity contribution in [1.29, 1.82) is 0 Å². The molecule has 0 aliphatic rings. The molecule has 5 heteroatoms. The first-order valence-electron chi connectivity index (χ1n) is 10.4. The molecule has 0 aliphatic carbocycles. The maximum atomic E-state index is 11.7. The third-order valence-corrected chi connectivity index (χ3v) is 4.77. The molecular weight excluding hydrogens is 341 g/mol. The number of carbonyl (C=O) groups is 2. The van der Waals surface area contributed by atoms with E-state index in [2.05, 4.69) is 13.8 Å². The molecule has 0 heterocycles. The Balaban J connectivity index is -0.000000960. The average Bonchev–Trinajstić information content (AvgIpc) is 2.54. The molecule has 0 bridgehead atoms. The van der Waals surface area contributed by atoms with Gasteiger partial charge >= 0.3 is 35.0 Å². The second-order valence-corrected chi connectivity index (χ2v) is 7.53. The summed E-state index contributed by atoms with van der Waals surface area (Å²) in [4.78, 5) is 22.4. The summed E-state index contributed by atoms with van der Waals surface area (Å²) in [5, 5.41) is 8.72. The standard InChI is InChI=1S/C21H40O4.Mg.2H/c1-4-6-8-9-10-11-12-13-14-15-17-21(3,16-7-5-2)25-20(24)18-19(22)23;;;/h4-18H2,1-3H3,(H,22,23);;;/q;+2;2*-1. The second kappa shape index (κ2) is 18.1. The molecule has 0 saturated heterocycles. The monoisotopic (exact) mass is 382 g/mol. The molecule has 1 atom stereocenters. The summed E-state index contributed by atoms with van der Waals surface area (Å²) in [6.45, 7) is 6.31. The van der Waals surface area contributed by atoms with Crippen molar-refractivity contribution in [1.82, 2.24) is 0 Å². The Morgan fingerprint density at radius 2 is 1.23 bits per heavy atom. The van der Waals surface area contributed by atoms with Gasteiger partial charge in [0, 0.05) is 0 Å². The van der Waals surface area contributed by atoms with Gasteiger partial charge in [-0.2, -0.15) is 0 Å². The Bertz CT molecular complexity index is 370. The van der Waals surface area contributed by atoms with Crippen molar-refractivity contribution in [2.75, 3.05) is 0 Å². The van der Waals surface area contributed by atoms with Crippen molar-refractivity contribution in [3.8, 4) is 0 Å². The summed E-state index contributed by atoms with van der Waals surface area (Å²) in [6, 6.07) is 0. The summed E-state index contributed by atoms with van der Waals surface area (Å²) in [6.07, 6.45) is 15.9. The van der Waals surface area contributed by atoms with Gasteiger partial charge in [-0.25, -0.2) is 0 Å². The van der Waals surface area contributed by atoms with E-state index in [0.29, 0.717) is 0 Å². The Morgan fingerprint density at radius 1 is 0.808 bits per heavy atom. The first-order valence-corrected chi connectivity index (χ1v) is 10.4. The first kappa shape index (κ1) is 27.9. The van der Waals surface area contributed by atoms with Gasteiger partial charge in [0.05, 0.1) is 0 Å². The number of carboxylic acid groups (broad SMARTS) is 1. The van der Waals surface area contributed by atoms with E-state index in [4.69, 9.17) is 9.84 Å². The molecular formula is C21H42MgO4. The van der Waals surface area contributed by atoms with Gasteiger partial charge in [0.1, 0.15) is 12.0 Å². The maximum absolute atomic E-state index is 11.7. The van der Waals surface area contributed by atoms with Crippen LogP contribution in [0, 0.1) is 0 Å². The quantitative estimate of drug-likeness (QED) is 0.143. The van der Waals surface area contributed by atoms with E-state index in [-0.39, 0.29) is 25.9 Å². The molecule has 0 rings (SSSR count). The Hall–Kier alpha value is -0.294. The number of hydrogen-bond donors (Lipinski definition) is 1. The minimum atomic E-state index is -1.12. The molecule has 152 valence electrons. The van der Waals surface area contributed by atoms with E-state index in [1.807, 2.05) is 6.92 Å². The number of carbonyl (C=O) groups excluding carboxylic acids is 1. The normalized spacial score (nSPS) is 12.9. The molecule has 0 radical (unpaired) electrons. The third kappa shape index (κ3) is 17.1. The number of carboxylic acids is 1. The molecule has 26 heavy (non-hydrogen) atoms. The van der Waals surface area contributed by atoms with Crippen molar-refractivity contribution in [3.63, 3.8) is 0 Å². The molecule has 0 fully saturated rings. The SMILES string of the molecule is CCCCCCCCCCCCC(C)(CCCC)OC(=O)CC(=O)O.[H-].[H-].[Mg+2]. The van der Waals surface area contributed by atoms with Crippen LogP contribution < -0.4 is 0 Å². The zero-order chi connectivity index (χ0) is 19.0. The maximum Gasteiger partial charge on any atom is 2.00 e. The largest absolute Gasteiger partial charge is 2.00 e. The number of rotatable bonds is 17. The van der Waals surface area contributed by atoms with Crippen molar-refractivity contribution < 1.29 is 22.3 Å². The minimum absolute atomic E-state index is 0. The van der Waals surface area contributed by atoms with E-state index >= 15 is 0 Å². The van der Waals surface area contributed by atoms with Gasteiger partial charge in [-0.15, -0.1) is 0 Å². The molecule has 0 aromatic rings. The van der Waals surface area contributed by atoms with Crippen LogP contribution in [0.25, 0.3) is 0 Å². The van der Waals surface area contributed by atoms with Gasteiger partial charge in [-0.1, -0.05) is 78.1 Å². The van der Waals surface area contributed by atoms with E-state index in [9.17, 15) is 9.59 Å². The Labute approximate surface area is 180 Å². The minimum Gasteiger partial charge on any atom is -1.00 e. The third-order valence-electron chi connectivity index (χ3n) is 4.77. The van der Waals surface area contributed by atoms with Gasteiger partial charge < -0.3 is 12.7 Å². The molecule has 0 amide bonds. The van der Waals surface area contributed by atoms with Crippen LogP contribution in [0.5, 0.6) is 0 Å². The van der Waals surface area contributed by atoms with Crippen LogP contribution in [-0.2, 0) is 14.3 Å². The summed E-state index contributed by atoms with van der Waals surface area (Å²) in [5.74, 6) is -1.74. The van der Waals surface area contributed by atoms with Crippen LogP contribution in [0.15, 0.2) is 0 Å². The predicted octanol–water partition coefficient (Wildman–Crippen LogP) is 6.11. The van der Waals surface area contributed by atoms with Crippen LogP contribution >= 0.6 is 0 Å². The van der Waals surface area contributed by atoms with Gasteiger partial charge in [-0.05, 0) is 32.6 Å². The van der Waals surface area contributed by atoms with E-state index < -0.39 is 24.0 Å². The molecule has 1 unspecified atom stereocenters. The van der Waals surface area contributed by atoms with Crippen molar-refractivity contribution in [3.05, 3.63) is 0 Å². The topological polar surface area (TPSA) is 63.6 Å². The van der Waals surface area contributed by atoms with Crippen molar-refractivity contribution >= 4 is 35.0 Å². The molecule has 4 nitrogen and oxygen atoms in total. The first-order chi connectivity index (χ1) is 11.9. The fourth-order valence-corrected chi connectivity index (χ4v) is 3.20. The number of ether oxygens (including phenoxy) is 1. The fourth-order valence-electron chi connectivity index (χ4n) is 3.20. The summed E-state index contributed by atoms with van der Waals surface area (Å²) < 4.78 is 5.51. The van der Waals surface area contributed by atoms with Crippen molar-refractivity contribution in [2.24, 2.45) is 0 Å². The average molecular weight is 383 g/mol. The molecule has 0 aromatic heterocycles. The van der Waals surface area contributed by atoms with Gasteiger partial charge in [-0.3, -0.25) is 9.59 Å². The number of unbranched alkanes of at least 4 members (excludes halogenated alkanes) is 10. The second-order valence-electron chi connectivity index (χ2n) is 7.53. The Kier molecular flexibility index (Phi) is 19.4. The van der Waals surface area contributed by atoms with Crippen LogP contribution in [0.3, 0.4) is 0 Å². The number of aliphatic carboxylic acids is 1. The zero-order valence-electron chi connectivity index (χ0n) is 19.5. The Morgan fingerprint density at radius 3 is 1.69 bits per heavy atom. The predicted molar refractivity (Wildman–Crippen MR) is 111 cm³/mol. The van der Waals surface area contributed by atoms with E-state index in [0.717, 1.165) is 38.5 Å². The van der Waals surface area contributed by atoms with Crippen LogP contribution in [-0.4, -0.2) is 45.7 Å². The van der Waals surface area contributed by atoms with Crippen LogP contribution in [0.2, 0.25) is 0 Å². The summed E-state index contributed by atoms with van der Waals surface area (Å²) in [5.41, 5.74) is -0.511. The van der Waals surface area contributed by atoms with E-state index in [1.165, 1.54) is 51.4 Å².